The van der Waals surface area contributed by atoms with Crippen LogP contribution in [0, 0.1) is 18.3 Å². The Morgan fingerprint density at radius 3 is 2.57 bits per heavy atom. The SMILES string of the molecule is Cc1cccc(NC2CCN(CC(F)(F)F)CC2)c1C#N. The summed E-state index contributed by atoms with van der Waals surface area (Å²) in [6.45, 7) is 1.87. The van der Waals surface area contributed by atoms with Crippen LogP contribution in [0.5, 0.6) is 0 Å². The van der Waals surface area contributed by atoms with Crippen molar-refractivity contribution < 1.29 is 13.2 Å². The molecule has 114 valence electrons. The number of hydrogen-bond donors (Lipinski definition) is 1. The molecule has 1 N–H and O–H groups in total. The van der Waals surface area contributed by atoms with Gasteiger partial charge in [-0.3, -0.25) is 4.90 Å². The van der Waals surface area contributed by atoms with Gasteiger partial charge in [0.2, 0.25) is 0 Å². The molecule has 1 aromatic carbocycles. The zero-order valence-corrected chi connectivity index (χ0v) is 11.9. The predicted molar refractivity (Wildman–Crippen MR) is 75.0 cm³/mol. The third-order valence-electron chi connectivity index (χ3n) is 3.73. The zero-order valence-electron chi connectivity index (χ0n) is 11.9. The molecule has 21 heavy (non-hydrogen) atoms. The van der Waals surface area contributed by atoms with Gasteiger partial charge in [-0.2, -0.15) is 18.4 Å². The maximum absolute atomic E-state index is 12.3. The van der Waals surface area contributed by atoms with Gasteiger partial charge < -0.3 is 5.32 Å². The Balaban J connectivity index is 1.93. The van der Waals surface area contributed by atoms with Crippen molar-refractivity contribution in [3.8, 4) is 6.07 Å². The standard InChI is InChI=1S/C15H18F3N3/c1-11-3-2-4-14(13(11)9-19)20-12-5-7-21(8-6-12)10-15(16,17)18/h2-4,12,20H,5-8,10H2,1H3. The summed E-state index contributed by atoms with van der Waals surface area (Å²) in [6.07, 6.45) is -2.84. The Bertz CT molecular complexity index is 526. The maximum Gasteiger partial charge on any atom is 0.401 e. The summed E-state index contributed by atoms with van der Waals surface area (Å²) in [5, 5.41) is 12.5. The summed E-state index contributed by atoms with van der Waals surface area (Å²) in [6, 6.07) is 7.87. The summed E-state index contributed by atoms with van der Waals surface area (Å²) in [7, 11) is 0. The highest BCUT2D eigenvalue weighted by Gasteiger charge is 2.32. The van der Waals surface area contributed by atoms with E-state index in [2.05, 4.69) is 11.4 Å². The first kappa shape index (κ1) is 15.6. The van der Waals surface area contributed by atoms with Crippen molar-refractivity contribution in [2.45, 2.75) is 32.0 Å². The van der Waals surface area contributed by atoms with E-state index in [1.54, 1.807) is 0 Å². The molecule has 6 heteroatoms. The van der Waals surface area contributed by atoms with Crippen LogP contribution in [0.4, 0.5) is 18.9 Å². The van der Waals surface area contributed by atoms with E-state index in [-0.39, 0.29) is 6.04 Å². The Kier molecular flexibility index (Phi) is 4.73. The minimum atomic E-state index is -4.13. The fourth-order valence-corrected chi connectivity index (χ4v) is 2.65. The maximum atomic E-state index is 12.3. The van der Waals surface area contributed by atoms with Crippen molar-refractivity contribution in [2.24, 2.45) is 0 Å². The average Bonchev–Trinajstić information content (AvgIpc) is 2.40. The molecule has 0 unspecified atom stereocenters. The molecule has 0 spiro atoms. The van der Waals surface area contributed by atoms with Crippen LogP contribution in [0.25, 0.3) is 0 Å². The van der Waals surface area contributed by atoms with Crippen molar-refractivity contribution >= 4 is 5.69 Å². The molecule has 1 aromatic rings. The molecule has 0 amide bonds. The van der Waals surface area contributed by atoms with E-state index in [0.717, 1.165) is 11.3 Å². The molecule has 0 saturated carbocycles. The number of hydrogen-bond acceptors (Lipinski definition) is 3. The van der Waals surface area contributed by atoms with Crippen molar-refractivity contribution in [2.75, 3.05) is 25.0 Å². The van der Waals surface area contributed by atoms with E-state index in [9.17, 15) is 18.4 Å². The number of nitrogens with zero attached hydrogens (tertiary/aromatic N) is 2. The highest BCUT2D eigenvalue weighted by atomic mass is 19.4. The molecule has 1 heterocycles. The molecule has 0 aliphatic carbocycles. The molecule has 0 radical (unpaired) electrons. The number of nitriles is 1. The largest absolute Gasteiger partial charge is 0.401 e. The molecule has 0 atom stereocenters. The van der Waals surface area contributed by atoms with E-state index >= 15 is 0 Å². The molecule has 0 bridgehead atoms. The van der Waals surface area contributed by atoms with Crippen LogP contribution in [-0.4, -0.2) is 36.8 Å². The van der Waals surface area contributed by atoms with Crippen LogP contribution in [-0.2, 0) is 0 Å². The van der Waals surface area contributed by atoms with Gasteiger partial charge in [0, 0.05) is 19.1 Å². The Morgan fingerprint density at radius 2 is 2.00 bits per heavy atom. The number of rotatable bonds is 3. The smallest absolute Gasteiger partial charge is 0.381 e. The highest BCUT2D eigenvalue weighted by Crippen LogP contribution is 2.24. The highest BCUT2D eigenvalue weighted by molar-refractivity contribution is 5.61. The van der Waals surface area contributed by atoms with Crippen LogP contribution < -0.4 is 5.32 Å². The number of nitrogens with one attached hydrogen (secondary N) is 1. The van der Waals surface area contributed by atoms with Crippen molar-refractivity contribution in [3.63, 3.8) is 0 Å². The second-order valence-corrected chi connectivity index (χ2v) is 5.42. The molecule has 3 nitrogen and oxygen atoms in total. The summed E-state index contributed by atoms with van der Waals surface area (Å²) in [4.78, 5) is 1.43. The van der Waals surface area contributed by atoms with Gasteiger partial charge in [-0.05, 0) is 31.4 Å². The number of alkyl halides is 3. The lowest BCUT2D eigenvalue weighted by atomic mass is 10.0. The normalized spacial score (nSPS) is 17.5. The van der Waals surface area contributed by atoms with Gasteiger partial charge in [-0.15, -0.1) is 0 Å². The van der Waals surface area contributed by atoms with Crippen LogP contribution in [0.1, 0.15) is 24.0 Å². The van der Waals surface area contributed by atoms with Gasteiger partial charge in [0.15, 0.2) is 0 Å². The van der Waals surface area contributed by atoms with Crippen molar-refractivity contribution in [1.82, 2.24) is 4.90 Å². The lowest BCUT2D eigenvalue weighted by Crippen LogP contribution is -2.43. The summed E-state index contributed by atoms with van der Waals surface area (Å²) < 4.78 is 37.0. The minimum Gasteiger partial charge on any atom is -0.381 e. The molecule has 1 aliphatic rings. The monoisotopic (exact) mass is 297 g/mol. The predicted octanol–water partition coefficient (Wildman–Crippen LogP) is 3.31. The lowest BCUT2D eigenvalue weighted by Gasteiger charge is -2.33. The first-order chi connectivity index (χ1) is 9.89. The number of halogens is 3. The lowest BCUT2D eigenvalue weighted by molar-refractivity contribution is -0.147. The van der Waals surface area contributed by atoms with Crippen molar-refractivity contribution in [3.05, 3.63) is 29.3 Å². The van der Waals surface area contributed by atoms with Gasteiger partial charge in [-0.25, -0.2) is 0 Å². The topological polar surface area (TPSA) is 39.1 Å². The zero-order chi connectivity index (χ0) is 15.5. The molecular formula is C15H18F3N3. The molecule has 2 rings (SSSR count). The fraction of sp³-hybridized carbons (Fsp3) is 0.533. The average molecular weight is 297 g/mol. The first-order valence-corrected chi connectivity index (χ1v) is 6.94. The van der Waals surface area contributed by atoms with Gasteiger partial charge in [0.05, 0.1) is 17.8 Å². The Morgan fingerprint density at radius 1 is 1.33 bits per heavy atom. The van der Waals surface area contributed by atoms with Crippen LogP contribution in [0.2, 0.25) is 0 Å². The minimum absolute atomic E-state index is 0.114. The molecular weight excluding hydrogens is 279 g/mol. The van der Waals surface area contributed by atoms with Crippen molar-refractivity contribution in [1.29, 1.82) is 5.26 Å². The fourth-order valence-electron chi connectivity index (χ4n) is 2.65. The van der Waals surface area contributed by atoms with E-state index in [4.69, 9.17) is 0 Å². The van der Waals surface area contributed by atoms with Gasteiger partial charge in [0.25, 0.3) is 0 Å². The second kappa shape index (κ2) is 6.35. The summed E-state index contributed by atoms with van der Waals surface area (Å²) in [5.41, 5.74) is 2.28. The molecule has 1 saturated heterocycles. The van der Waals surface area contributed by atoms with Crippen LogP contribution in [0.3, 0.4) is 0 Å². The number of benzene rings is 1. The van der Waals surface area contributed by atoms with Gasteiger partial charge in [0.1, 0.15) is 6.07 Å². The Labute approximate surface area is 122 Å². The first-order valence-electron chi connectivity index (χ1n) is 6.94. The quantitative estimate of drug-likeness (QED) is 0.930. The van der Waals surface area contributed by atoms with Gasteiger partial charge in [-0.1, -0.05) is 12.1 Å². The summed E-state index contributed by atoms with van der Waals surface area (Å²) >= 11 is 0. The third-order valence-corrected chi connectivity index (χ3v) is 3.73. The third kappa shape index (κ3) is 4.36. The summed E-state index contributed by atoms with van der Waals surface area (Å²) in [5.74, 6) is 0. The Hall–Kier alpha value is -1.74. The molecule has 1 aliphatic heterocycles. The van der Waals surface area contributed by atoms with E-state index < -0.39 is 12.7 Å². The molecule has 1 fully saturated rings. The number of anilines is 1. The van der Waals surface area contributed by atoms with Crippen LogP contribution >= 0.6 is 0 Å². The number of aryl methyl sites for hydroxylation is 1. The van der Waals surface area contributed by atoms with Crippen LogP contribution in [0.15, 0.2) is 18.2 Å². The molecule has 0 aromatic heterocycles. The number of piperidine rings is 1. The van der Waals surface area contributed by atoms with E-state index in [1.807, 2.05) is 25.1 Å². The van der Waals surface area contributed by atoms with E-state index in [0.29, 0.717) is 31.5 Å². The number of likely N-dealkylation sites (tertiary alicyclic amines) is 1. The second-order valence-electron chi connectivity index (χ2n) is 5.42. The van der Waals surface area contributed by atoms with Gasteiger partial charge >= 0.3 is 6.18 Å². The van der Waals surface area contributed by atoms with E-state index in [1.165, 1.54) is 4.90 Å².